The summed E-state index contributed by atoms with van der Waals surface area (Å²) in [6, 6.07) is 0. The molecule has 0 bridgehead atoms. The molecule has 15 heteroatoms. The number of nitrogens with one attached hydrogen (secondary N) is 4. The zero-order valence-electron chi connectivity index (χ0n) is 16.0. The Labute approximate surface area is 174 Å². The Hall–Kier alpha value is -3.59. The lowest BCUT2D eigenvalue weighted by Crippen LogP contribution is -2.44. The number of anilines is 4. The molecular weight excluding hydrogens is 416 g/mol. The zero-order chi connectivity index (χ0) is 21.5. The Kier molecular flexibility index (Phi) is 6.87. The number of nitrogens with two attached hydrogens (primary N) is 1. The zero-order valence-corrected chi connectivity index (χ0v) is 16.8. The SMILES string of the molecule is CC(=O)OCC(=O)NNc1nc(Nc2ncc(C(N)=O)s2)nc(N2CCNCC2)n1. The summed E-state index contributed by atoms with van der Waals surface area (Å²) in [6.45, 7) is 3.66. The maximum absolute atomic E-state index is 11.7. The molecule has 1 fully saturated rings. The second-order valence-corrected chi connectivity index (χ2v) is 7.02. The number of carbonyl (C=O) groups excluding carboxylic acids is 3. The summed E-state index contributed by atoms with van der Waals surface area (Å²) in [6.07, 6.45) is 1.35. The second-order valence-electron chi connectivity index (χ2n) is 5.99. The van der Waals surface area contributed by atoms with Gasteiger partial charge < -0.3 is 20.7 Å². The lowest BCUT2D eigenvalue weighted by atomic mass is 10.4. The third kappa shape index (κ3) is 5.95. The number of primary amides is 1. The Morgan fingerprint density at radius 1 is 1.23 bits per heavy atom. The van der Waals surface area contributed by atoms with Crippen LogP contribution in [0.25, 0.3) is 0 Å². The standard InChI is InChI=1S/C15H20N10O4S/c1-8(26)29-7-10(27)23-24-13-19-12(22-15-18-6-9(30-15)11(16)28)20-14(21-13)25-4-2-17-3-5-25/h6,17H,2-5,7H2,1H3,(H2,16,28)(H,23,27)(H2,18,19,20,21,22,24). The highest BCUT2D eigenvalue weighted by Crippen LogP contribution is 2.22. The predicted molar refractivity (Wildman–Crippen MR) is 107 cm³/mol. The van der Waals surface area contributed by atoms with Crippen molar-refractivity contribution in [1.29, 1.82) is 0 Å². The van der Waals surface area contributed by atoms with E-state index in [9.17, 15) is 14.4 Å². The van der Waals surface area contributed by atoms with Gasteiger partial charge in [0.1, 0.15) is 4.88 Å². The van der Waals surface area contributed by atoms with Gasteiger partial charge in [0, 0.05) is 33.1 Å². The highest BCUT2D eigenvalue weighted by molar-refractivity contribution is 7.17. The molecule has 0 atom stereocenters. The number of hydrazine groups is 1. The number of hydrogen-bond donors (Lipinski definition) is 5. The molecule has 0 aromatic carbocycles. The molecule has 3 rings (SSSR count). The second kappa shape index (κ2) is 9.75. The van der Waals surface area contributed by atoms with Gasteiger partial charge in [-0.25, -0.2) is 4.98 Å². The lowest BCUT2D eigenvalue weighted by Gasteiger charge is -2.27. The quantitative estimate of drug-likeness (QED) is 0.240. The lowest BCUT2D eigenvalue weighted by molar-refractivity contribution is -0.146. The molecule has 6 N–H and O–H groups in total. The van der Waals surface area contributed by atoms with Gasteiger partial charge in [-0.1, -0.05) is 11.3 Å². The number of amides is 2. The van der Waals surface area contributed by atoms with E-state index in [-0.39, 0.29) is 16.8 Å². The van der Waals surface area contributed by atoms with Crippen LogP contribution < -0.4 is 32.1 Å². The Balaban J connectivity index is 1.76. The summed E-state index contributed by atoms with van der Waals surface area (Å²) in [5, 5.41) is 6.50. The van der Waals surface area contributed by atoms with Crippen molar-refractivity contribution in [3.63, 3.8) is 0 Å². The number of aromatic nitrogens is 4. The summed E-state index contributed by atoms with van der Waals surface area (Å²) in [5.41, 5.74) is 10.2. The maximum Gasteiger partial charge on any atom is 0.303 e. The van der Waals surface area contributed by atoms with E-state index in [1.165, 1.54) is 13.1 Å². The number of nitrogens with zero attached hydrogens (tertiary/aromatic N) is 5. The number of thiazole rings is 1. The van der Waals surface area contributed by atoms with Gasteiger partial charge in [0.15, 0.2) is 11.7 Å². The van der Waals surface area contributed by atoms with Crippen LogP contribution in [0, 0.1) is 0 Å². The van der Waals surface area contributed by atoms with Crippen LogP contribution in [-0.2, 0) is 14.3 Å². The van der Waals surface area contributed by atoms with Gasteiger partial charge in [-0.05, 0) is 0 Å². The molecule has 3 heterocycles. The summed E-state index contributed by atoms with van der Waals surface area (Å²) in [4.78, 5) is 53.0. The molecule has 2 aromatic rings. The molecule has 0 spiro atoms. The third-order valence-electron chi connectivity index (χ3n) is 3.71. The summed E-state index contributed by atoms with van der Waals surface area (Å²) >= 11 is 1.05. The van der Waals surface area contributed by atoms with Crippen molar-refractivity contribution in [3.05, 3.63) is 11.1 Å². The molecule has 1 aliphatic rings. The van der Waals surface area contributed by atoms with Crippen molar-refractivity contribution < 1.29 is 19.1 Å². The van der Waals surface area contributed by atoms with Crippen molar-refractivity contribution in [2.75, 3.05) is 48.4 Å². The Bertz CT molecular complexity index is 930. The summed E-state index contributed by atoms with van der Waals surface area (Å²) in [5.74, 6) is -1.15. The van der Waals surface area contributed by atoms with Gasteiger partial charge in [-0.2, -0.15) is 15.0 Å². The minimum atomic E-state index is -0.588. The Morgan fingerprint density at radius 2 is 1.97 bits per heavy atom. The van der Waals surface area contributed by atoms with Crippen LogP contribution in [-0.4, -0.2) is 70.5 Å². The average Bonchev–Trinajstić information content (AvgIpc) is 3.20. The fourth-order valence-corrected chi connectivity index (χ4v) is 3.02. The van der Waals surface area contributed by atoms with Crippen LogP contribution >= 0.6 is 11.3 Å². The van der Waals surface area contributed by atoms with E-state index in [2.05, 4.69) is 46.2 Å². The van der Waals surface area contributed by atoms with Crippen LogP contribution in [0.2, 0.25) is 0 Å². The smallest absolute Gasteiger partial charge is 0.303 e. The van der Waals surface area contributed by atoms with Gasteiger partial charge in [-0.3, -0.25) is 30.6 Å². The number of ether oxygens (including phenoxy) is 1. The molecule has 2 aromatic heterocycles. The molecule has 160 valence electrons. The first-order chi connectivity index (χ1) is 14.4. The highest BCUT2D eigenvalue weighted by Gasteiger charge is 2.17. The third-order valence-corrected chi connectivity index (χ3v) is 4.64. The molecule has 0 unspecified atom stereocenters. The van der Waals surface area contributed by atoms with Gasteiger partial charge >= 0.3 is 5.97 Å². The van der Waals surface area contributed by atoms with Gasteiger partial charge in [0.25, 0.3) is 11.8 Å². The largest absolute Gasteiger partial charge is 0.456 e. The molecular formula is C15H20N10O4S. The van der Waals surface area contributed by atoms with Crippen LogP contribution in [0.5, 0.6) is 0 Å². The first-order valence-electron chi connectivity index (χ1n) is 8.83. The van der Waals surface area contributed by atoms with Crippen molar-refractivity contribution in [3.8, 4) is 0 Å². The van der Waals surface area contributed by atoms with E-state index in [0.29, 0.717) is 24.2 Å². The average molecular weight is 436 g/mol. The van der Waals surface area contributed by atoms with E-state index in [1.807, 2.05) is 4.90 Å². The van der Waals surface area contributed by atoms with E-state index in [1.54, 1.807) is 0 Å². The highest BCUT2D eigenvalue weighted by atomic mass is 32.1. The molecule has 0 saturated carbocycles. The number of piperazine rings is 1. The minimum Gasteiger partial charge on any atom is -0.456 e. The van der Waals surface area contributed by atoms with Gasteiger partial charge in [0.05, 0.1) is 6.20 Å². The van der Waals surface area contributed by atoms with E-state index < -0.39 is 24.4 Å². The molecule has 14 nitrogen and oxygen atoms in total. The number of carbonyl (C=O) groups is 3. The van der Waals surface area contributed by atoms with Crippen LogP contribution in [0.15, 0.2) is 6.20 Å². The predicted octanol–water partition coefficient (Wildman–Crippen LogP) is -1.41. The fraction of sp³-hybridized carbons (Fsp3) is 0.400. The van der Waals surface area contributed by atoms with Crippen molar-refractivity contribution >= 4 is 52.1 Å². The van der Waals surface area contributed by atoms with E-state index in [4.69, 9.17) is 5.73 Å². The normalized spacial score (nSPS) is 13.4. The van der Waals surface area contributed by atoms with Gasteiger partial charge in [-0.15, -0.1) is 0 Å². The number of hydrogen-bond acceptors (Lipinski definition) is 13. The van der Waals surface area contributed by atoms with Crippen molar-refractivity contribution in [2.24, 2.45) is 5.73 Å². The molecule has 0 aliphatic carbocycles. The topological polar surface area (TPSA) is 189 Å². The van der Waals surface area contributed by atoms with E-state index in [0.717, 1.165) is 24.4 Å². The Morgan fingerprint density at radius 3 is 2.63 bits per heavy atom. The monoisotopic (exact) mass is 436 g/mol. The molecule has 1 saturated heterocycles. The first-order valence-corrected chi connectivity index (χ1v) is 9.65. The van der Waals surface area contributed by atoms with Gasteiger partial charge in [0.2, 0.25) is 17.8 Å². The van der Waals surface area contributed by atoms with Crippen LogP contribution in [0.4, 0.5) is 23.0 Å². The number of rotatable bonds is 8. The first kappa shape index (κ1) is 21.1. The van der Waals surface area contributed by atoms with Crippen LogP contribution in [0.1, 0.15) is 16.6 Å². The van der Waals surface area contributed by atoms with E-state index >= 15 is 0 Å². The summed E-state index contributed by atoms with van der Waals surface area (Å²) in [7, 11) is 0. The van der Waals surface area contributed by atoms with Crippen LogP contribution in [0.3, 0.4) is 0 Å². The maximum atomic E-state index is 11.7. The fourth-order valence-electron chi connectivity index (χ4n) is 2.35. The molecule has 1 aliphatic heterocycles. The molecule has 30 heavy (non-hydrogen) atoms. The van der Waals surface area contributed by atoms with Crippen molar-refractivity contribution in [2.45, 2.75) is 6.92 Å². The number of esters is 1. The molecule has 2 amide bonds. The minimum absolute atomic E-state index is 0.0592. The molecule has 0 radical (unpaired) electrons. The van der Waals surface area contributed by atoms with Crippen molar-refractivity contribution in [1.82, 2.24) is 30.7 Å². The summed E-state index contributed by atoms with van der Waals surface area (Å²) < 4.78 is 4.62.